The lowest BCUT2D eigenvalue weighted by atomic mass is 10.1. The highest BCUT2D eigenvalue weighted by molar-refractivity contribution is 14.0. The maximum Gasteiger partial charge on any atom is 0.191 e. The lowest BCUT2D eigenvalue weighted by Gasteiger charge is -2.28. The van der Waals surface area contributed by atoms with Crippen molar-refractivity contribution in [2.24, 2.45) is 10.9 Å². The van der Waals surface area contributed by atoms with Crippen LogP contribution in [0, 0.1) is 5.92 Å². The van der Waals surface area contributed by atoms with E-state index in [4.69, 9.17) is 4.99 Å². The van der Waals surface area contributed by atoms with Crippen LogP contribution in [-0.4, -0.2) is 67.2 Å². The van der Waals surface area contributed by atoms with E-state index < -0.39 is 0 Å². The summed E-state index contributed by atoms with van der Waals surface area (Å²) < 4.78 is 0. The smallest absolute Gasteiger partial charge is 0.191 e. The number of aliphatic imine (C=N–C) groups is 1. The first-order valence-corrected chi connectivity index (χ1v) is 11.9. The van der Waals surface area contributed by atoms with Gasteiger partial charge in [-0.05, 0) is 44.4 Å². The van der Waals surface area contributed by atoms with E-state index in [1.807, 2.05) is 0 Å². The van der Waals surface area contributed by atoms with Crippen LogP contribution < -0.4 is 15.5 Å². The molecule has 2 fully saturated rings. The molecule has 2 aliphatic heterocycles. The molecule has 164 valence electrons. The van der Waals surface area contributed by atoms with Crippen molar-refractivity contribution in [3.8, 4) is 0 Å². The summed E-state index contributed by atoms with van der Waals surface area (Å²) in [5.41, 5.74) is 2.60. The molecule has 1 aromatic rings. The number of hydrogen-bond donors (Lipinski definition) is 2. The molecule has 29 heavy (non-hydrogen) atoms. The Morgan fingerprint density at radius 1 is 1.17 bits per heavy atom. The van der Waals surface area contributed by atoms with Crippen LogP contribution in [0.5, 0.6) is 0 Å². The summed E-state index contributed by atoms with van der Waals surface area (Å²) in [5.74, 6) is 4.03. The number of thioether (sulfide) groups is 1. The molecule has 0 bridgehead atoms. The largest absolute Gasteiger partial charge is 0.370 e. The highest BCUT2D eigenvalue weighted by Crippen LogP contribution is 2.21. The van der Waals surface area contributed by atoms with Crippen LogP contribution in [0.2, 0.25) is 0 Å². The third kappa shape index (κ3) is 7.21. The number of nitrogens with one attached hydrogen (secondary N) is 2. The van der Waals surface area contributed by atoms with Gasteiger partial charge >= 0.3 is 0 Å². The quantitative estimate of drug-likeness (QED) is 0.334. The minimum atomic E-state index is 0. The first-order valence-electron chi connectivity index (χ1n) is 10.8. The van der Waals surface area contributed by atoms with Gasteiger partial charge in [0.05, 0.1) is 6.54 Å². The van der Waals surface area contributed by atoms with Gasteiger partial charge < -0.3 is 15.5 Å². The van der Waals surface area contributed by atoms with Gasteiger partial charge in [-0.2, -0.15) is 11.8 Å². The van der Waals surface area contributed by atoms with Crippen molar-refractivity contribution < 1.29 is 0 Å². The molecule has 2 aliphatic rings. The summed E-state index contributed by atoms with van der Waals surface area (Å²) in [6.45, 7) is 15.2. The number of guanidine groups is 1. The van der Waals surface area contributed by atoms with E-state index in [2.05, 4.69) is 84.2 Å². The van der Waals surface area contributed by atoms with Gasteiger partial charge in [-0.15, -0.1) is 24.0 Å². The third-order valence-corrected chi connectivity index (χ3v) is 6.71. The molecule has 0 aliphatic carbocycles. The number of hydrogen-bond acceptors (Lipinski definition) is 4. The molecular formula is C22H38IN5S. The maximum atomic E-state index is 4.85. The summed E-state index contributed by atoms with van der Waals surface area (Å²) in [6.07, 6.45) is 0. The Morgan fingerprint density at radius 3 is 2.45 bits per heavy atom. The van der Waals surface area contributed by atoms with E-state index in [0.717, 1.165) is 38.7 Å². The first kappa shape index (κ1) is 24.6. The monoisotopic (exact) mass is 531 g/mol. The second-order valence-electron chi connectivity index (χ2n) is 8.24. The molecular weight excluding hydrogens is 493 g/mol. The number of benzene rings is 1. The van der Waals surface area contributed by atoms with Gasteiger partial charge in [0, 0.05) is 62.0 Å². The van der Waals surface area contributed by atoms with E-state index in [0.29, 0.717) is 24.5 Å². The minimum Gasteiger partial charge on any atom is -0.370 e. The van der Waals surface area contributed by atoms with Gasteiger partial charge in [0.2, 0.25) is 0 Å². The molecule has 2 N–H and O–H groups in total. The van der Waals surface area contributed by atoms with E-state index >= 15 is 0 Å². The van der Waals surface area contributed by atoms with Gasteiger partial charge in [-0.1, -0.05) is 19.1 Å². The van der Waals surface area contributed by atoms with Crippen LogP contribution >= 0.6 is 35.7 Å². The number of likely N-dealkylation sites (tertiary alicyclic amines) is 1. The predicted molar refractivity (Wildman–Crippen MR) is 139 cm³/mol. The van der Waals surface area contributed by atoms with Crippen LogP contribution in [0.3, 0.4) is 0 Å². The summed E-state index contributed by atoms with van der Waals surface area (Å²) in [6, 6.07) is 10.0. The highest BCUT2D eigenvalue weighted by atomic mass is 127. The van der Waals surface area contributed by atoms with E-state index in [9.17, 15) is 0 Å². The number of anilines is 1. The average Bonchev–Trinajstić information content (AvgIpc) is 3.08. The van der Waals surface area contributed by atoms with Gasteiger partial charge in [0.1, 0.15) is 0 Å². The molecule has 0 aromatic heterocycles. The normalized spacial score (nSPS) is 23.2. The van der Waals surface area contributed by atoms with Crippen LogP contribution in [-0.2, 0) is 6.54 Å². The number of nitrogens with zero attached hydrogens (tertiary/aromatic N) is 3. The number of rotatable bonds is 6. The van der Waals surface area contributed by atoms with Crippen molar-refractivity contribution in [2.75, 3.05) is 49.1 Å². The second kappa shape index (κ2) is 12.2. The zero-order valence-electron chi connectivity index (χ0n) is 18.4. The molecule has 2 heterocycles. The molecule has 3 rings (SSSR count). The predicted octanol–water partition coefficient (Wildman–Crippen LogP) is 3.64. The Morgan fingerprint density at radius 2 is 1.86 bits per heavy atom. The maximum absolute atomic E-state index is 4.85. The lowest BCUT2D eigenvalue weighted by molar-refractivity contribution is 0.265. The van der Waals surface area contributed by atoms with Gasteiger partial charge in [-0.25, -0.2) is 4.99 Å². The van der Waals surface area contributed by atoms with E-state index in [-0.39, 0.29) is 24.0 Å². The summed E-state index contributed by atoms with van der Waals surface area (Å²) in [7, 11) is 0. The second-order valence-corrected chi connectivity index (χ2v) is 9.46. The topological polar surface area (TPSA) is 42.9 Å². The molecule has 0 saturated carbocycles. The molecule has 0 radical (unpaired) electrons. The molecule has 5 nitrogen and oxygen atoms in total. The Balaban J connectivity index is 0.00000300. The van der Waals surface area contributed by atoms with E-state index in [1.165, 1.54) is 22.8 Å². The highest BCUT2D eigenvalue weighted by Gasteiger charge is 2.31. The van der Waals surface area contributed by atoms with E-state index in [1.54, 1.807) is 0 Å². The van der Waals surface area contributed by atoms with Crippen molar-refractivity contribution >= 4 is 47.4 Å². The van der Waals surface area contributed by atoms with Crippen LogP contribution in [0.25, 0.3) is 0 Å². The Labute approximate surface area is 198 Å². The van der Waals surface area contributed by atoms with Crippen molar-refractivity contribution in [1.82, 2.24) is 15.5 Å². The molecule has 2 unspecified atom stereocenters. The fourth-order valence-corrected chi connectivity index (χ4v) is 4.82. The Bertz CT molecular complexity index is 631. The standard InChI is InChI=1S/C22H37N5S.HI/c1-5-23-22(25-21-16-27(17(2)3)15-18(21)4)24-14-19-6-8-20(9-7-19)26-10-12-28-13-11-26;/h6-9,17-18,21H,5,10-16H2,1-4H3,(H2,23,24,25);1H. The molecule has 0 spiro atoms. The van der Waals surface area contributed by atoms with Gasteiger partial charge in [-0.3, -0.25) is 4.90 Å². The fraction of sp³-hybridized carbons (Fsp3) is 0.682. The fourth-order valence-electron chi connectivity index (χ4n) is 3.91. The third-order valence-electron chi connectivity index (χ3n) is 5.77. The zero-order chi connectivity index (χ0) is 19.9. The zero-order valence-corrected chi connectivity index (χ0v) is 21.5. The molecule has 2 saturated heterocycles. The molecule has 2 atom stereocenters. The van der Waals surface area contributed by atoms with Gasteiger partial charge in [0.25, 0.3) is 0 Å². The van der Waals surface area contributed by atoms with Gasteiger partial charge in [0.15, 0.2) is 5.96 Å². The SMILES string of the molecule is CCNC(=NCc1ccc(N2CCSCC2)cc1)NC1CN(C(C)C)CC1C.I. The minimum absolute atomic E-state index is 0. The summed E-state index contributed by atoms with van der Waals surface area (Å²) >= 11 is 2.05. The Hall–Kier alpha value is -0.670. The van der Waals surface area contributed by atoms with Crippen LogP contribution in [0.4, 0.5) is 5.69 Å². The van der Waals surface area contributed by atoms with Crippen molar-refractivity contribution in [1.29, 1.82) is 0 Å². The van der Waals surface area contributed by atoms with Crippen molar-refractivity contribution in [3.05, 3.63) is 29.8 Å². The van der Waals surface area contributed by atoms with Crippen LogP contribution in [0.15, 0.2) is 29.3 Å². The average molecular weight is 532 g/mol. The molecule has 0 amide bonds. The first-order chi connectivity index (χ1) is 13.6. The number of halogens is 1. The summed E-state index contributed by atoms with van der Waals surface area (Å²) in [5, 5.41) is 7.09. The molecule has 1 aromatic carbocycles. The van der Waals surface area contributed by atoms with Crippen molar-refractivity contribution in [3.63, 3.8) is 0 Å². The van der Waals surface area contributed by atoms with Crippen LogP contribution in [0.1, 0.15) is 33.3 Å². The van der Waals surface area contributed by atoms with Crippen molar-refractivity contribution in [2.45, 2.75) is 46.3 Å². The molecule has 7 heteroatoms. The lowest BCUT2D eigenvalue weighted by Crippen LogP contribution is -2.46. The Kier molecular flexibility index (Phi) is 10.4. The summed E-state index contributed by atoms with van der Waals surface area (Å²) in [4.78, 5) is 9.88.